The van der Waals surface area contributed by atoms with Crippen LogP contribution < -0.4 is 20.7 Å². The molecule has 44 heavy (non-hydrogen) atoms. The van der Waals surface area contributed by atoms with Gasteiger partial charge in [-0.05, 0) is 118 Å². The SMILES string of the molecule is C=CCC1/N=C(\C(Cl)=C/C)Nc2ccc(OCCC3CCN(C)CC3)c(c2)CCc2cncc(c2)N1.O=CNc1cccs1. The molecule has 2 aliphatic heterocycles. The number of piperidine rings is 1. The topological polar surface area (TPSA) is 90.9 Å². The second-order valence-corrected chi connectivity index (χ2v) is 12.3. The number of likely N-dealkylation sites (tertiary alicyclic amines) is 1. The number of allylic oxidation sites excluding steroid dienone is 1. The Labute approximate surface area is 270 Å². The Morgan fingerprint density at radius 3 is 2.77 bits per heavy atom. The minimum atomic E-state index is -0.224. The maximum absolute atomic E-state index is 9.77. The Balaban J connectivity index is 0.000000479. The van der Waals surface area contributed by atoms with E-state index in [-0.39, 0.29) is 6.17 Å². The Bertz CT molecular complexity index is 1400. The number of fused-ring (bicyclic) bond motifs is 4. The highest BCUT2D eigenvalue weighted by molar-refractivity contribution is 7.14. The number of aryl methyl sites for hydroxylation is 2. The highest BCUT2D eigenvalue weighted by Crippen LogP contribution is 2.28. The first-order valence-corrected chi connectivity index (χ1v) is 16.4. The summed E-state index contributed by atoms with van der Waals surface area (Å²) >= 11 is 8.07. The zero-order chi connectivity index (χ0) is 31.1. The fourth-order valence-electron chi connectivity index (χ4n) is 5.16. The van der Waals surface area contributed by atoms with Crippen molar-refractivity contribution in [1.82, 2.24) is 9.88 Å². The van der Waals surface area contributed by atoms with Crippen LogP contribution in [0.4, 0.5) is 16.4 Å². The molecule has 1 unspecified atom stereocenters. The van der Waals surface area contributed by atoms with Gasteiger partial charge in [0.1, 0.15) is 17.8 Å². The molecule has 4 bridgehead atoms. The minimum Gasteiger partial charge on any atom is -0.493 e. The number of halogens is 1. The molecule has 3 aromatic rings. The van der Waals surface area contributed by atoms with Crippen molar-refractivity contribution in [3.05, 3.63) is 89.1 Å². The number of anilines is 3. The molecule has 1 saturated heterocycles. The number of aliphatic imine (C=N–C) groups is 1. The lowest BCUT2D eigenvalue weighted by Crippen LogP contribution is -2.30. The third-order valence-electron chi connectivity index (χ3n) is 7.63. The molecule has 2 aliphatic rings. The molecule has 234 valence electrons. The first-order chi connectivity index (χ1) is 21.5. The number of pyridine rings is 1. The lowest BCUT2D eigenvalue weighted by Gasteiger charge is -2.28. The maximum Gasteiger partial charge on any atom is 0.212 e. The van der Waals surface area contributed by atoms with Crippen molar-refractivity contribution in [2.24, 2.45) is 10.9 Å². The van der Waals surface area contributed by atoms with Crippen LogP contribution >= 0.6 is 22.9 Å². The zero-order valence-corrected chi connectivity index (χ0v) is 27.2. The van der Waals surface area contributed by atoms with Crippen molar-refractivity contribution in [1.29, 1.82) is 0 Å². The average molecular weight is 635 g/mol. The third kappa shape index (κ3) is 10.5. The summed E-state index contributed by atoms with van der Waals surface area (Å²) in [5.41, 5.74) is 4.20. The standard InChI is InChI=1S/C29H38ClN5O.C5H5NOS/c1-4-6-28-32-25-17-22(19-31-20-25)7-8-23-18-24(33-29(34-28)26(30)5-2)9-10-27(23)36-16-13-21-11-14-35(3)15-12-21;7-4-6-5-2-1-3-8-5/h4-5,9-10,17-21,28,32H,1,6-8,11-16H2,2-3H3,(H,33,34);1-4H,(H,6,7)/b26-5+;. The first kappa shape index (κ1) is 33.2. The van der Waals surface area contributed by atoms with Crippen molar-refractivity contribution in [3.63, 3.8) is 0 Å². The highest BCUT2D eigenvalue weighted by atomic mass is 35.5. The Hall–Kier alpha value is -3.66. The van der Waals surface area contributed by atoms with Crippen LogP contribution in [-0.4, -0.2) is 55.0 Å². The Morgan fingerprint density at radius 2 is 2.05 bits per heavy atom. The highest BCUT2D eigenvalue weighted by Gasteiger charge is 2.18. The van der Waals surface area contributed by atoms with Crippen LogP contribution in [0.15, 0.2) is 82.9 Å². The van der Waals surface area contributed by atoms with E-state index in [1.165, 1.54) is 48.4 Å². The van der Waals surface area contributed by atoms with Gasteiger partial charge in [-0.25, -0.2) is 4.99 Å². The summed E-state index contributed by atoms with van der Waals surface area (Å²) in [6.45, 7) is 8.92. The summed E-state index contributed by atoms with van der Waals surface area (Å²) in [7, 11) is 2.20. The van der Waals surface area contributed by atoms with Gasteiger partial charge in [0.05, 0.1) is 28.5 Å². The quantitative estimate of drug-likeness (QED) is 0.166. The van der Waals surface area contributed by atoms with Gasteiger partial charge in [0, 0.05) is 18.3 Å². The molecule has 0 saturated carbocycles. The monoisotopic (exact) mass is 634 g/mol. The molecule has 0 radical (unpaired) electrons. The lowest BCUT2D eigenvalue weighted by molar-refractivity contribution is -0.105. The predicted octanol–water partition coefficient (Wildman–Crippen LogP) is 7.57. The molecule has 1 atom stereocenters. The maximum atomic E-state index is 9.77. The molecular weight excluding hydrogens is 592 g/mol. The number of carbonyl (C=O) groups is 1. The molecule has 1 aromatic carbocycles. The number of ether oxygens (including phenoxy) is 1. The van der Waals surface area contributed by atoms with E-state index in [1.54, 1.807) is 0 Å². The zero-order valence-electron chi connectivity index (χ0n) is 25.6. The van der Waals surface area contributed by atoms with Crippen molar-refractivity contribution >= 4 is 51.6 Å². The Morgan fingerprint density at radius 1 is 1.20 bits per heavy atom. The minimum absolute atomic E-state index is 0.224. The van der Waals surface area contributed by atoms with Gasteiger partial charge in [-0.15, -0.1) is 17.9 Å². The molecule has 10 heteroatoms. The smallest absolute Gasteiger partial charge is 0.212 e. The second-order valence-electron chi connectivity index (χ2n) is 11.0. The van der Waals surface area contributed by atoms with Crippen LogP contribution in [-0.2, 0) is 17.6 Å². The van der Waals surface area contributed by atoms with Crippen LogP contribution in [0.1, 0.15) is 43.7 Å². The number of hydrogen-bond donors (Lipinski definition) is 3. The van der Waals surface area contributed by atoms with Crippen molar-refractivity contribution in [3.8, 4) is 5.75 Å². The number of benzene rings is 1. The number of carbonyl (C=O) groups excluding carboxylic acids is 1. The number of thiophene rings is 1. The molecular formula is C34H43ClN6O2S. The summed E-state index contributed by atoms with van der Waals surface area (Å²) in [6.07, 6.45) is 13.9. The van der Waals surface area contributed by atoms with Gasteiger partial charge >= 0.3 is 0 Å². The number of amides is 1. The fraction of sp³-hybridized carbons (Fsp3) is 0.382. The number of hydrogen-bond acceptors (Lipinski definition) is 8. The van der Waals surface area contributed by atoms with Crippen LogP contribution in [0.5, 0.6) is 5.75 Å². The number of aromatic nitrogens is 1. The fourth-order valence-corrected chi connectivity index (χ4v) is 5.83. The molecule has 3 N–H and O–H groups in total. The largest absolute Gasteiger partial charge is 0.493 e. The summed E-state index contributed by atoms with van der Waals surface area (Å²) in [6, 6.07) is 12.1. The first-order valence-electron chi connectivity index (χ1n) is 15.1. The van der Waals surface area contributed by atoms with E-state index in [0.29, 0.717) is 23.7 Å². The van der Waals surface area contributed by atoms with Gasteiger partial charge in [0.2, 0.25) is 6.41 Å². The molecule has 1 fully saturated rings. The summed E-state index contributed by atoms with van der Waals surface area (Å²) in [5, 5.41) is 12.8. The van der Waals surface area contributed by atoms with E-state index in [2.05, 4.69) is 57.7 Å². The van der Waals surface area contributed by atoms with E-state index in [4.69, 9.17) is 21.3 Å². The van der Waals surface area contributed by atoms with Crippen LogP contribution in [0.3, 0.4) is 0 Å². The van der Waals surface area contributed by atoms with E-state index < -0.39 is 0 Å². The molecule has 4 heterocycles. The van der Waals surface area contributed by atoms with Crippen molar-refractivity contribution in [2.75, 3.05) is 42.7 Å². The van der Waals surface area contributed by atoms with E-state index in [0.717, 1.165) is 53.9 Å². The van der Waals surface area contributed by atoms with Crippen molar-refractivity contribution in [2.45, 2.75) is 51.6 Å². The van der Waals surface area contributed by atoms with Crippen molar-refractivity contribution < 1.29 is 9.53 Å². The van der Waals surface area contributed by atoms with E-state index >= 15 is 0 Å². The van der Waals surface area contributed by atoms with Gasteiger partial charge in [0.25, 0.3) is 0 Å². The van der Waals surface area contributed by atoms with Gasteiger partial charge < -0.3 is 25.6 Å². The molecule has 2 aromatic heterocycles. The van der Waals surface area contributed by atoms with E-state index in [9.17, 15) is 4.79 Å². The van der Waals surface area contributed by atoms with E-state index in [1.807, 2.05) is 55.0 Å². The number of nitrogens with zero attached hydrogens (tertiary/aromatic N) is 3. The van der Waals surface area contributed by atoms with Gasteiger partial charge in [0.15, 0.2) is 0 Å². The summed E-state index contributed by atoms with van der Waals surface area (Å²) in [5.74, 6) is 2.31. The summed E-state index contributed by atoms with van der Waals surface area (Å²) < 4.78 is 6.35. The molecule has 1 amide bonds. The number of nitrogens with one attached hydrogen (secondary N) is 3. The second kappa shape index (κ2) is 17.6. The molecule has 8 nitrogen and oxygen atoms in total. The molecule has 0 spiro atoms. The van der Waals surface area contributed by atoms with Crippen LogP contribution in [0.2, 0.25) is 0 Å². The molecule has 5 rings (SSSR count). The van der Waals surface area contributed by atoms with Gasteiger partial charge in [-0.3, -0.25) is 9.78 Å². The van der Waals surface area contributed by atoms with Crippen LogP contribution in [0, 0.1) is 5.92 Å². The third-order valence-corrected chi connectivity index (χ3v) is 8.83. The van der Waals surface area contributed by atoms with Gasteiger partial charge in [-0.1, -0.05) is 23.8 Å². The number of amidine groups is 1. The van der Waals surface area contributed by atoms with Crippen LogP contribution in [0.25, 0.3) is 0 Å². The predicted molar refractivity (Wildman–Crippen MR) is 185 cm³/mol. The molecule has 0 aliphatic carbocycles. The summed E-state index contributed by atoms with van der Waals surface area (Å²) in [4.78, 5) is 21.5. The van der Waals surface area contributed by atoms with Gasteiger partial charge in [-0.2, -0.15) is 0 Å². The normalized spacial score (nSPS) is 18.8. The Kier molecular flexibility index (Phi) is 13.3. The average Bonchev–Trinajstić information content (AvgIpc) is 3.55. The number of rotatable bonds is 9. The lowest BCUT2D eigenvalue weighted by atomic mass is 9.94.